The molecule has 0 bridgehead atoms. The van der Waals surface area contributed by atoms with E-state index in [0.717, 1.165) is 24.6 Å². The van der Waals surface area contributed by atoms with E-state index in [4.69, 9.17) is 0 Å². The van der Waals surface area contributed by atoms with Crippen LogP contribution in [0.15, 0.2) is 24.4 Å². The molecule has 2 aromatic rings. The average Bonchev–Trinajstić information content (AvgIpc) is 2.82. The van der Waals surface area contributed by atoms with E-state index in [1.165, 1.54) is 0 Å². The summed E-state index contributed by atoms with van der Waals surface area (Å²) in [6.07, 6.45) is 1.90. The summed E-state index contributed by atoms with van der Waals surface area (Å²) in [5, 5.41) is 9.47. The second-order valence-electron chi connectivity index (χ2n) is 5.59. The van der Waals surface area contributed by atoms with Crippen LogP contribution in [-0.2, 0) is 0 Å². The zero-order chi connectivity index (χ0) is 14.3. The van der Waals surface area contributed by atoms with Crippen LogP contribution >= 0.6 is 0 Å². The molecule has 1 aliphatic rings. The number of hydrogen-bond donors (Lipinski definition) is 0. The molecular formula is C15H19N5. The highest BCUT2D eigenvalue weighted by atomic mass is 15.3. The number of anilines is 1. The van der Waals surface area contributed by atoms with Gasteiger partial charge in [0.15, 0.2) is 11.5 Å². The molecule has 1 fully saturated rings. The van der Waals surface area contributed by atoms with Gasteiger partial charge in [0.1, 0.15) is 11.7 Å². The molecule has 104 valence electrons. The number of pyridine rings is 1. The van der Waals surface area contributed by atoms with Gasteiger partial charge < -0.3 is 4.90 Å². The first-order chi connectivity index (χ1) is 9.61. The standard InChI is InChI=1S/C15H19N5/c1-11-9-19(10-12(2)18(11)3)15-13(8-16)20-7-5-4-6-14(20)17-15/h4-7,11-12H,9-10H2,1-3H3. The summed E-state index contributed by atoms with van der Waals surface area (Å²) in [7, 11) is 2.15. The Balaban J connectivity index is 2.04. The fourth-order valence-corrected chi connectivity index (χ4v) is 2.89. The summed E-state index contributed by atoms with van der Waals surface area (Å²) in [6.45, 7) is 6.23. The highest BCUT2D eigenvalue weighted by molar-refractivity contribution is 5.60. The van der Waals surface area contributed by atoms with Gasteiger partial charge in [0.25, 0.3) is 0 Å². The molecule has 20 heavy (non-hydrogen) atoms. The van der Waals surface area contributed by atoms with Crippen LogP contribution in [0.1, 0.15) is 19.5 Å². The summed E-state index contributed by atoms with van der Waals surface area (Å²) >= 11 is 0. The maximum absolute atomic E-state index is 9.47. The summed E-state index contributed by atoms with van der Waals surface area (Å²) in [5.41, 5.74) is 1.46. The van der Waals surface area contributed by atoms with Crippen LogP contribution in [0.4, 0.5) is 5.82 Å². The molecule has 0 aromatic carbocycles. The molecule has 2 atom stereocenters. The van der Waals surface area contributed by atoms with Crippen molar-refractivity contribution in [3.05, 3.63) is 30.1 Å². The number of imidazole rings is 1. The molecule has 0 N–H and O–H groups in total. The van der Waals surface area contributed by atoms with Crippen molar-refractivity contribution in [2.24, 2.45) is 0 Å². The lowest BCUT2D eigenvalue weighted by molar-refractivity contribution is 0.169. The molecule has 0 radical (unpaired) electrons. The normalized spacial score (nSPS) is 24.0. The quantitative estimate of drug-likeness (QED) is 0.791. The SMILES string of the molecule is CC1CN(c2nc3ccccn3c2C#N)CC(C)N1C. The summed E-state index contributed by atoms with van der Waals surface area (Å²) in [5.74, 6) is 0.811. The Morgan fingerprint density at radius 3 is 2.60 bits per heavy atom. The summed E-state index contributed by atoms with van der Waals surface area (Å²) in [6, 6.07) is 9.02. The zero-order valence-electron chi connectivity index (χ0n) is 12.1. The van der Waals surface area contributed by atoms with Crippen LogP contribution in [0.5, 0.6) is 0 Å². The van der Waals surface area contributed by atoms with E-state index in [1.54, 1.807) is 0 Å². The van der Waals surface area contributed by atoms with E-state index < -0.39 is 0 Å². The molecule has 3 heterocycles. The molecule has 0 aliphatic carbocycles. The van der Waals surface area contributed by atoms with Crippen LogP contribution in [0.3, 0.4) is 0 Å². The van der Waals surface area contributed by atoms with E-state index in [-0.39, 0.29) is 0 Å². The lowest BCUT2D eigenvalue weighted by Gasteiger charge is -2.42. The second-order valence-corrected chi connectivity index (χ2v) is 5.59. The van der Waals surface area contributed by atoms with Gasteiger partial charge in [0.2, 0.25) is 0 Å². The maximum Gasteiger partial charge on any atom is 0.169 e. The maximum atomic E-state index is 9.47. The van der Waals surface area contributed by atoms with Gasteiger partial charge in [0.05, 0.1) is 0 Å². The van der Waals surface area contributed by atoms with Crippen molar-refractivity contribution in [1.29, 1.82) is 5.26 Å². The third-order valence-corrected chi connectivity index (χ3v) is 4.28. The fraction of sp³-hybridized carbons (Fsp3) is 0.467. The molecule has 3 rings (SSSR count). The Labute approximate surface area is 119 Å². The van der Waals surface area contributed by atoms with Gasteiger partial charge in [-0.15, -0.1) is 0 Å². The van der Waals surface area contributed by atoms with Gasteiger partial charge in [-0.05, 0) is 33.0 Å². The van der Waals surface area contributed by atoms with Crippen molar-refractivity contribution in [1.82, 2.24) is 14.3 Å². The number of hydrogen-bond acceptors (Lipinski definition) is 4. The van der Waals surface area contributed by atoms with E-state index in [0.29, 0.717) is 17.8 Å². The average molecular weight is 269 g/mol. The van der Waals surface area contributed by atoms with Gasteiger partial charge in [0, 0.05) is 31.4 Å². The van der Waals surface area contributed by atoms with Gasteiger partial charge in [-0.3, -0.25) is 9.30 Å². The smallest absolute Gasteiger partial charge is 0.169 e. The number of rotatable bonds is 1. The molecule has 0 spiro atoms. The molecule has 1 saturated heterocycles. The van der Waals surface area contributed by atoms with Crippen molar-refractivity contribution < 1.29 is 0 Å². The van der Waals surface area contributed by atoms with Crippen molar-refractivity contribution in [2.75, 3.05) is 25.0 Å². The van der Waals surface area contributed by atoms with Crippen molar-refractivity contribution in [3.63, 3.8) is 0 Å². The highest BCUT2D eigenvalue weighted by Gasteiger charge is 2.29. The Kier molecular flexibility index (Phi) is 3.11. The number of fused-ring (bicyclic) bond motifs is 1. The van der Waals surface area contributed by atoms with Gasteiger partial charge in [-0.1, -0.05) is 6.07 Å². The Morgan fingerprint density at radius 2 is 1.95 bits per heavy atom. The Morgan fingerprint density at radius 1 is 1.25 bits per heavy atom. The number of piperazine rings is 1. The minimum atomic E-state index is 0.454. The van der Waals surface area contributed by atoms with Gasteiger partial charge in [-0.25, -0.2) is 4.98 Å². The molecule has 1 aliphatic heterocycles. The van der Waals surface area contributed by atoms with E-state index >= 15 is 0 Å². The predicted molar refractivity (Wildman–Crippen MR) is 78.8 cm³/mol. The van der Waals surface area contributed by atoms with E-state index in [2.05, 4.69) is 41.7 Å². The minimum Gasteiger partial charge on any atom is -0.351 e. The third-order valence-electron chi connectivity index (χ3n) is 4.28. The van der Waals surface area contributed by atoms with Crippen molar-refractivity contribution >= 4 is 11.5 Å². The predicted octanol–water partition coefficient (Wildman–Crippen LogP) is 1.73. The lowest BCUT2D eigenvalue weighted by atomic mass is 10.1. The largest absolute Gasteiger partial charge is 0.351 e. The summed E-state index contributed by atoms with van der Waals surface area (Å²) < 4.78 is 1.86. The molecule has 5 nitrogen and oxygen atoms in total. The van der Waals surface area contributed by atoms with E-state index in [9.17, 15) is 5.26 Å². The highest BCUT2D eigenvalue weighted by Crippen LogP contribution is 2.25. The first-order valence-corrected chi connectivity index (χ1v) is 6.96. The van der Waals surface area contributed by atoms with Crippen LogP contribution in [0, 0.1) is 11.3 Å². The Bertz CT molecular complexity index is 656. The molecular weight excluding hydrogens is 250 g/mol. The number of nitriles is 1. The van der Waals surface area contributed by atoms with E-state index in [1.807, 2.05) is 28.8 Å². The molecule has 5 heteroatoms. The molecule has 0 amide bonds. The van der Waals surface area contributed by atoms with Crippen LogP contribution < -0.4 is 4.90 Å². The fourth-order valence-electron chi connectivity index (χ4n) is 2.89. The number of likely N-dealkylation sites (N-methyl/N-ethyl adjacent to an activating group) is 1. The lowest BCUT2D eigenvalue weighted by Crippen LogP contribution is -2.55. The van der Waals surface area contributed by atoms with Gasteiger partial charge >= 0.3 is 0 Å². The molecule has 0 saturated carbocycles. The van der Waals surface area contributed by atoms with Crippen LogP contribution in [0.2, 0.25) is 0 Å². The third kappa shape index (κ3) is 1.93. The van der Waals surface area contributed by atoms with Crippen molar-refractivity contribution in [2.45, 2.75) is 25.9 Å². The topological polar surface area (TPSA) is 47.6 Å². The second kappa shape index (κ2) is 4.80. The van der Waals surface area contributed by atoms with Crippen LogP contribution in [0.25, 0.3) is 5.65 Å². The molecule has 2 aromatic heterocycles. The molecule has 2 unspecified atom stereocenters. The first-order valence-electron chi connectivity index (χ1n) is 6.96. The van der Waals surface area contributed by atoms with Gasteiger partial charge in [-0.2, -0.15) is 5.26 Å². The zero-order valence-corrected chi connectivity index (χ0v) is 12.1. The monoisotopic (exact) mass is 269 g/mol. The first kappa shape index (κ1) is 12.9. The number of nitrogens with zero attached hydrogens (tertiary/aromatic N) is 5. The van der Waals surface area contributed by atoms with Crippen LogP contribution in [-0.4, -0.2) is 46.5 Å². The summed E-state index contributed by atoms with van der Waals surface area (Å²) in [4.78, 5) is 9.26. The number of aromatic nitrogens is 2. The van der Waals surface area contributed by atoms with Crippen molar-refractivity contribution in [3.8, 4) is 6.07 Å². The minimum absolute atomic E-state index is 0.454. The Hall–Kier alpha value is -2.06.